The number of amides is 1. The number of rotatable bonds is 3. The molecule has 1 aromatic carbocycles. The summed E-state index contributed by atoms with van der Waals surface area (Å²) >= 11 is 12.1. The van der Waals surface area contributed by atoms with Crippen LogP contribution >= 0.6 is 23.2 Å². The predicted octanol–water partition coefficient (Wildman–Crippen LogP) is 3.02. The summed E-state index contributed by atoms with van der Waals surface area (Å²) in [5.41, 5.74) is 1.00. The Bertz CT molecular complexity index is 734. The van der Waals surface area contributed by atoms with Crippen molar-refractivity contribution >= 4 is 34.8 Å². The van der Waals surface area contributed by atoms with Crippen molar-refractivity contribution in [1.29, 1.82) is 5.26 Å². The Kier molecular flexibility index (Phi) is 4.43. The van der Waals surface area contributed by atoms with Crippen LogP contribution in [0.25, 0.3) is 0 Å². The van der Waals surface area contributed by atoms with Gasteiger partial charge in [-0.05, 0) is 43.9 Å². The quantitative estimate of drug-likeness (QED) is 0.821. The molecule has 4 atom stereocenters. The predicted molar refractivity (Wildman–Crippen MR) is 97.6 cm³/mol. The number of halogens is 2. The first-order valence-electron chi connectivity index (χ1n) is 8.75. The standard InChI is InChI=1S/C18H20Cl2N4O/c19-14-3-1-12(7-15(14)20)23-6-5-11(9-23)18(25)22-16-8-13-2-4-17(16)24(13)10-21/h1,3,7,11,13,16-17H,2,4-6,8-9H2,(H,22,25)/t11?,13-,16+,17+/m0/s1. The van der Waals surface area contributed by atoms with Gasteiger partial charge in [-0.15, -0.1) is 0 Å². The van der Waals surface area contributed by atoms with Crippen molar-refractivity contribution in [2.24, 2.45) is 5.92 Å². The van der Waals surface area contributed by atoms with Crippen LogP contribution in [0.3, 0.4) is 0 Å². The van der Waals surface area contributed by atoms with Crippen molar-refractivity contribution < 1.29 is 4.79 Å². The van der Waals surface area contributed by atoms with E-state index >= 15 is 0 Å². The lowest BCUT2D eigenvalue weighted by Gasteiger charge is -2.24. The normalized spacial score (nSPS) is 30.6. The number of hydrogen-bond donors (Lipinski definition) is 1. The molecule has 1 aromatic rings. The van der Waals surface area contributed by atoms with Crippen LogP contribution in [-0.4, -0.2) is 42.0 Å². The summed E-state index contributed by atoms with van der Waals surface area (Å²) in [5, 5.41) is 13.5. The Morgan fingerprint density at radius 2 is 2.08 bits per heavy atom. The van der Waals surface area contributed by atoms with E-state index in [1.54, 1.807) is 6.07 Å². The summed E-state index contributed by atoms with van der Waals surface area (Å²) < 4.78 is 0. The molecule has 25 heavy (non-hydrogen) atoms. The van der Waals surface area contributed by atoms with E-state index in [0.29, 0.717) is 22.6 Å². The summed E-state index contributed by atoms with van der Waals surface area (Å²) in [6, 6.07) is 6.20. The van der Waals surface area contributed by atoms with Crippen molar-refractivity contribution in [3.05, 3.63) is 28.2 Å². The molecule has 3 aliphatic rings. The molecule has 3 aliphatic heterocycles. The van der Waals surface area contributed by atoms with Crippen molar-refractivity contribution in [2.75, 3.05) is 18.0 Å². The molecule has 1 amide bonds. The fourth-order valence-corrected chi connectivity index (χ4v) is 4.78. The smallest absolute Gasteiger partial charge is 0.225 e. The molecule has 1 N–H and O–H groups in total. The van der Waals surface area contributed by atoms with Gasteiger partial charge in [-0.25, -0.2) is 0 Å². The molecule has 5 nitrogen and oxygen atoms in total. The van der Waals surface area contributed by atoms with E-state index in [1.165, 1.54) is 0 Å². The molecular formula is C18H20Cl2N4O. The van der Waals surface area contributed by atoms with Gasteiger partial charge in [-0.2, -0.15) is 5.26 Å². The zero-order valence-corrected chi connectivity index (χ0v) is 15.3. The average molecular weight is 379 g/mol. The molecule has 0 aliphatic carbocycles. The number of nitriles is 1. The van der Waals surface area contributed by atoms with Crippen LogP contribution in [-0.2, 0) is 4.79 Å². The molecule has 3 heterocycles. The highest BCUT2D eigenvalue weighted by molar-refractivity contribution is 6.42. The highest BCUT2D eigenvalue weighted by Gasteiger charge is 2.47. The van der Waals surface area contributed by atoms with Crippen LogP contribution in [0, 0.1) is 17.4 Å². The molecule has 7 heteroatoms. The molecule has 0 radical (unpaired) electrons. The average Bonchev–Trinajstić information content (AvgIpc) is 3.30. The van der Waals surface area contributed by atoms with Gasteiger partial charge in [0.2, 0.25) is 5.91 Å². The lowest BCUT2D eigenvalue weighted by molar-refractivity contribution is -0.125. The van der Waals surface area contributed by atoms with E-state index in [1.807, 2.05) is 17.0 Å². The van der Waals surface area contributed by atoms with Gasteiger partial charge in [0.15, 0.2) is 6.19 Å². The minimum atomic E-state index is -0.0240. The fourth-order valence-electron chi connectivity index (χ4n) is 4.49. The van der Waals surface area contributed by atoms with Gasteiger partial charge in [0.05, 0.1) is 28.0 Å². The Morgan fingerprint density at radius 3 is 2.80 bits per heavy atom. The van der Waals surface area contributed by atoms with Crippen LogP contribution < -0.4 is 10.2 Å². The molecule has 0 saturated carbocycles. The third-order valence-electron chi connectivity index (χ3n) is 5.81. The maximum Gasteiger partial charge on any atom is 0.225 e. The van der Waals surface area contributed by atoms with E-state index in [9.17, 15) is 10.1 Å². The van der Waals surface area contributed by atoms with Crippen LogP contribution in [0.4, 0.5) is 5.69 Å². The molecule has 2 bridgehead atoms. The van der Waals surface area contributed by atoms with Gasteiger partial charge in [0.1, 0.15) is 0 Å². The number of fused-ring (bicyclic) bond motifs is 2. The topological polar surface area (TPSA) is 59.4 Å². The van der Waals surface area contributed by atoms with Gasteiger partial charge in [0, 0.05) is 24.8 Å². The van der Waals surface area contributed by atoms with Gasteiger partial charge in [-0.3, -0.25) is 4.79 Å². The van der Waals surface area contributed by atoms with Crippen molar-refractivity contribution in [3.8, 4) is 6.19 Å². The zero-order chi connectivity index (χ0) is 17.6. The highest BCUT2D eigenvalue weighted by atomic mass is 35.5. The maximum atomic E-state index is 12.7. The summed E-state index contributed by atoms with van der Waals surface area (Å²) in [4.78, 5) is 16.7. The minimum absolute atomic E-state index is 0.0240. The number of nitrogens with zero attached hydrogens (tertiary/aromatic N) is 3. The number of anilines is 1. The summed E-state index contributed by atoms with van der Waals surface area (Å²) in [7, 11) is 0. The van der Waals surface area contributed by atoms with Gasteiger partial charge >= 0.3 is 0 Å². The third kappa shape index (κ3) is 3.02. The molecular weight excluding hydrogens is 359 g/mol. The first-order chi connectivity index (χ1) is 12.1. The largest absolute Gasteiger partial charge is 0.371 e. The zero-order valence-electron chi connectivity index (χ0n) is 13.8. The third-order valence-corrected chi connectivity index (χ3v) is 6.55. The molecule has 3 saturated heterocycles. The summed E-state index contributed by atoms with van der Waals surface area (Å²) in [6.07, 6.45) is 6.08. The maximum absolute atomic E-state index is 12.7. The van der Waals surface area contributed by atoms with Gasteiger partial charge in [0.25, 0.3) is 0 Å². The van der Waals surface area contributed by atoms with Gasteiger partial charge < -0.3 is 15.1 Å². The molecule has 3 fully saturated rings. The fraction of sp³-hybridized carbons (Fsp3) is 0.556. The molecule has 4 rings (SSSR count). The number of nitrogens with one attached hydrogen (secondary N) is 1. The van der Waals surface area contributed by atoms with Crippen LogP contribution in [0.15, 0.2) is 18.2 Å². The Morgan fingerprint density at radius 1 is 1.24 bits per heavy atom. The SMILES string of the molecule is N#CN1[C@H]2CC[C@@H]1[C@H](NC(=O)C1CCN(c3ccc(Cl)c(Cl)c3)C1)C2. The van der Waals surface area contributed by atoms with Crippen LogP contribution in [0.2, 0.25) is 10.0 Å². The van der Waals surface area contributed by atoms with E-state index in [4.69, 9.17) is 23.2 Å². The Hall–Kier alpha value is -1.64. The summed E-state index contributed by atoms with van der Waals surface area (Å²) in [5.74, 6) is 0.0853. The first kappa shape index (κ1) is 16.8. The van der Waals surface area contributed by atoms with Crippen LogP contribution in [0.1, 0.15) is 25.7 Å². The molecule has 132 valence electrons. The number of hydrogen-bond acceptors (Lipinski definition) is 4. The second-order valence-electron chi connectivity index (χ2n) is 7.19. The number of carbonyl (C=O) groups is 1. The molecule has 1 unspecified atom stereocenters. The Labute approximate surface area is 157 Å². The minimum Gasteiger partial charge on any atom is -0.371 e. The molecule has 0 aromatic heterocycles. The second kappa shape index (κ2) is 6.59. The van der Waals surface area contributed by atoms with Crippen molar-refractivity contribution in [3.63, 3.8) is 0 Å². The van der Waals surface area contributed by atoms with Crippen molar-refractivity contribution in [1.82, 2.24) is 10.2 Å². The molecule has 0 spiro atoms. The summed E-state index contributed by atoms with van der Waals surface area (Å²) in [6.45, 7) is 1.52. The van der Waals surface area contributed by atoms with E-state index in [0.717, 1.165) is 37.9 Å². The monoisotopic (exact) mass is 378 g/mol. The number of carbonyl (C=O) groups excluding carboxylic acids is 1. The first-order valence-corrected chi connectivity index (χ1v) is 9.51. The number of benzene rings is 1. The van der Waals surface area contributed by atoms with Crippen molar-refractivity contribution in [2.45, 2.75) is 43.8 Å². The Balaban J connectivity index is 1.36. The highest BCUT2D eigenvalue weighted by Crippen LogP contribution is 2.37. The lowest BCUT2D eigenvalue weighted by Crippen LogP contribution is -2.46. The van der Waals surface area contributed by atoms with E-state index in [-0.39, 0.29) is 23.9 Å². The van der Waals surface area contributed by atoms with Crippen LogP contribution in [0.5, 0.6) is 0 Å². The van der Waals surface area contributed by atoms with E-state index in [2.05, 4.69) is 16.4 Å². The second-order valence-corrected chi connectivity index (χ2v) is 8.00. The van der Waals surface area contributed by atoms with E-state index < -0.39 is 0 Å². The lowest BCUT2D eigenvalue weighted by atomic mass is 9.95. The van der Waals surface area contributed by atoms with Gasteiger partial charge in [-0.1, -0.05) is 23.2 Å².